The molecule has 0 radical (unpaired) electrons. The number of nitrogens with one attached hydrogen (secondary N) is 1. The lowest BCUT2D eigenvalue weighted by atomic mass is 10.0. The Morgan fingerprint density at radius 2 is 1.44 bits per heavy atom. The Hall–Kier alpha value is -3.70. The average molecular weight is 710 g/mol. The second-order valence-electron chi connectivity index (χ2n) is 10.2. The van der Waals surface area contributed by atoms with Gasteiger partial charge in [0, 0.05) is 23.1 Å². The highest BCUT2D eigenvalue weighted by molar-refractivity contribution is 14.1. The van der Waals surface area contributed by atoms with Crippen molar-refractivity contribution < 1.29 is 18.0 Å². The summed E-state index contributed by atoms with van der Waals surface area (Å²) in [6, 6.07) is 31.4. The van der Waals surface area contributed by atoms with Gasteiger partial charge in [-0.05, 0) is 89.0 Å². The third kappa shape index (κ3) is 8.45. The second kappa shape index (κ2) is 15.2. The lowest BCUT2D eigenvalue weighted by Gasteiger charge is -2.34. The predicted octanol–water partition coefficient (Wildman–Crippen LogP) is 5.96. The summed E-state index contributed by atoms with van der Waals surface area (Å²) in [4.78, 5) is 29.7. The molecule has 0 heterocycles. The van der Waals surface area contributed by atoms with Gasteiger partial charge in [0.25, 0.3) is 10.0 Å². The van der Waals surface area contributed by atoms with Crippen LogP contribution in [0.5, 0.6) is 0 Å². The number of carbonyl (C=O) groups is 2. The first-order chi connectivity index (χ1) is 20.7. The number of halogens is 1. The number of rotatable bonds is 13. The van der Waals surface area contributed by atoms with E-state index >= 15 is 0 Å². The van der Waals surface area contributed by atoms with Gasteiger partial charge in [0.1, 0.15) is 12.6 Å². The Morgan fingerprint density at radius 3 is 2.07 bits per heavy atom. The molecule has 0 aromatic heterocycles. The number of sulfonamides is 1. The second-order valence-corrected chi connectivity index (χ2v) is 13.4. The van der Waals surface area contributed by atoms with Crippen molar-refractivity contribution in [3.63, 3.8) is 0 Å². The summed E-state index contributed by atoms with van der Waals surface area (Å²) in [6.45, 7) is 4.06. The normalized spacial score (nSPS) is 11.9. The molecular weight excluding hydrogens is 673 g/mol. The molecule has 0 aliphatic rings. The first-order valence-electron chi connectivity index (χ1n) is 14.2. The predicted molar refractivity (Wildman–Crippen MR) is 179 cm³/mol. The van der Waals surface area contributed by atoms with Gasteiger partial charge in [0.05, 0.1) is 10.6 Å². The molecule has 224 valence electrons. The van der Waals surface area contributed by atoms with Crippen molar-refractivity contribution in [3.8, 4) is 0 Å². The molecular formula is C34H36IN3O4S. The molecule has 0 saturated heterocycles. The van der Waals surface area contributed by atoms with E-state index < -0.39 is 28.5 Å². The van der Waals surface area contributed by atoms with Crippen LogP contribution in [0.2, 0.25) is 0 Å². The Labute approximate surface area is 268 Å². The van der Waals surface area contributed by atoms with Gasteiger partial charge in [-0.15, -0.1) is 0 Å². The number of benzene rings is 4. The van der Waals surface area contributed by atoms with Gasteiger partial charge in [-0.2, -0.15) is 0 Å². The number of amides is 2. The molecule has 1 N–H and O–H groups in total. The van der Waals surface area contributed by atoms with E-state index in [-0.39, 0.29) is 23.8 Å². The van der Waals surface area contributed by atoms with E-state index in [1.54, 1.807) is 42.5 Å². The summed E-state index contributed by atoms with van der Waals surface area (Å²) in [5.41, 5.74) is 3.11. The number of hydrogen-bond donors (Lipinski definition) is 1. The molecule has 0 unspecified atom stereocenters. The third-order valence-corrected chi connectivity index (χ3v) is 9.65. The molecule has 1 atom stereocenters. The minimum absolute atomic E-state index is 0.0772. The Balaban J connectivity index is 1.79. The largest absolute Gasteiger partial charge is 0.354 e. The third-order valence-electron chi connectivity index (χ3n) is 7.15. The van der Waals surface area contributed by atoms with Crippen molar-refractivity contribution in [1.29, 1.82) is 0 Å². The van der Waals surface area contributed by atoms with Gasteiger partial charge in [0.2, 0.25) is 11.8 Å². The van der Waals surface area contributed by atoms with Crippen LogP contribution >= 0.6 is 22.6 Å². The minimum atomic E-state index is -4.11. The summed E-state index contributed by atoms with van der Waals surface area (Å²) >= 11 is 2.15. The van der Waals surface area contributed by atoms with Crippen LogP contribution in [0.25, 0.3) is 0 Å². The molecule has 0 aliphatic heterocycles. The van der Waals surface area contributed by atoms with Crippen LogP contribution in [0.3, 0.4) is 0 Å². The first-order valence-corrected chi connectivity index (χ1v) is 16.7. The van der Waals surface area contributed by atoms with Crippen molar-refractivity contribution in [3.05, 3.63) is 129 Å². The Morgan fingerprint density at radius 1 is 0.837 bits per heavy atom. The first kappa shape index (κ1) is 32.2. The number of aryl methyl sites for hydroxylation is 1. The lowest BCUT2D eigenvalue weighted by Crippen LogP contribution is -2.53. The monoisotopic (exact) mass is 709 g/mol. The maximum atomic E-state index is 14.4. The molecule has 2 amide bonds. The number of nitrogens with zero attached hydrogens (tertiary/aromatic N) is 2. The van der Waals surface area contributed by atoms with Gasteiger partial charge in [-0.25, -0.2) is 8.42 Å². The summed E-state index contributed by atoms with van der Waals surface area (Å²) in [7, 11) is -4.11. The number of anilines is 1. The SMILES string of the molecule is CCCNC(=O)[C@H](Cc1ccccc1)N(Cc1ccccc1C)C(=O)CN(c1ccc(I)cc1)S(=O)(=O)c1ccccc1. The maximum Gasteiger partial charge on any atom is 0.264 e. The van der Waals surface area contributed by atoms with E-state index in [4.69, 9.17) is 0 Å². The smallest absolute Gasteiger partial charge is 0.264 e. The van der Waals surface area contributed by atoms with Crippen LogP contribution in [0.1, 0.15) is 30.0 Å². The molecule has 9 heteroatoms. The van der Waals surface area contributed by atoms with Gasteiger partial charge >= 0.3 is 0 Å². The van der Waals surface area contributed by atoms with Crippen molar-refractivity contribution in [1.82, 2.24) is 10.2 Å². The van der Waals surface area contributed by atoms with Crippen LogP contribution in [-0.2, 0) is 32.6 Å². The molecule has 43 heavy (non-hydrogen) atoms. The topological polar surface area (TPSA) is 86.8 Å². The molecule has 4 aromatic rings. The van der Waals surface area contributed by atoms with E-state index in [1.165, 1.54) is 17.0 Å². The van der Waals surface area contributed by atoms with E-state index in [1.807, 2.05) is 68.4 Å². The van der Waals surface area contributed by atoms with Crippen LogP contribution in [-0.4, -0.2) is 44.3 Å². The van der Waals surface area contributed by atoms with Crippen molar-refractivity contribution >= 4 is 50.1 Å². The molecule has 0 saturated carbocycles. The fourth-order valence-corrected chi connectivity index (χ4v) is 6.54. The van der Waals surface area contributed by atoms with E-state index in [9.17, 15) is 18.0 Å². The summed E-state index contributed by atoms with van der Waals surface area (Å²) < 4.78 is 30.1. The molecule has 0 spiro atoms. The maximum absolute atomic E-state index is 14.4. The van der Waals surface area contributed by atoms with Gasteiger partial charge in [-0.1, -0.05) is 79.7 Å². The zero-order valence-corrected chi connectivity index (χ0v) is 27.3. The lowest BCUT2D eigenvalue weighted by molar-refractivity contribution is -0.140. The van der Waals surface area contributed by atoms with E-state index in [2.05, 4.69) is 27.9 Å². The van der Waals surface area contributed by atoms with Crippen LogP contribution in [0, 0.1) is 10.5 Å². The molecule has 0 aliphatic carbocycles. The van der Waals surface area contributed by atoms with Crippen LogP contribution in [0.4, 0.5) is 5.69 Å². The number of hydrogen-bond acceptors (Lipinski definition) is 4. The van der Waals surface area contributed by atoms with Crippen LogP contribution < -0.4 is 9.62 Å². The van der Waals surface area contributed by atoms with Gasteiger partial charge < -0.3 is 10.2 Å². The molecule has 7 nitrogen and oxygen atoms in total. The Kier molecular flexibility index (Phi) is 11.4. The quantitative estimate of drug-likeness (QED) is 0.174. The fraction of sp³-hybridized carbons (Fsp3) is 0.235. The zero-order valence-electron chi connectivity index (χ0n) is 24.3. The average Bonchev–Trinajstić information content (AvgIpc) is 3.02. The number of carbonyl (C=O) groups excluding carboxylic acids is 2. The van der Waals surface area contributed by atoms with Crippen molar-refractivity contribution in [2.45, 2.75) is 44.2 Å². The molecule has 4 aromatic carbocycles. The van der Waals surface area contributed by atoms with Crippen LogP contribution in [0.15, 0.2) is 114 Å². The van der Waals surface area contributed by atoms with Crippen molar-refractivity contribution in [2.24, 2.45) is 0 Å². The Bertz CT molecular complexity index is 1610. The summed E-state index contributed by atoms with van der Waals surface area (Å²) in [5.74, 6) is -0.756. The fourth-order valence-electron chi connectivity index (χ4n) is 4.75. The van der Waals surface area contributed by atoms with Gasteiger partial charge in [-0.3, -0.25) is 13.9 Å². The van der Waals surface area contributed by atoms with Gasteiger partial charge in [0.15, 0.2) is 0 Å². The summed E-state index contributed by atoms with van der Waals surface area (Å²) in [6.07, 6.45) is 1.02. The molecule has 4 rings (SSSR count). The molecule has 0 bridgehead atoms. The zero-order chi connectivity index (χ0) is 30.8. The highest BCUT2D eigenvalue weighted by atomic mass is 127. The van der Waals surface area contributed by atoms with Crippen molar-refractivity contribution in [2.75, 3.05) is 17.4 Å². The highest BCUT2D eigenvalue weighted by Gasteiger charge is 2.34. The standard InChI is InChI=1S/C34H36IN3O4S/c1-3-22-36-34(40)32(23-27-13-6-4-7-14-27)37(24-28-15-11-10-12-26(28)2)33(39)25-38(30-20-18-29(35)19-21-30)43(41,42)31-16-8-5-9-17-31/h4-21,32H,3,22-25H2,1-2H3,(H,36,40)/t32-/m0/s1. The minimum Gasteiger partial charge on any atom is -0.354 e. The highest BCUT2D eigenvalue weighted by Crippen LogP contribution is 2.26. The molecule has 0 fully saturated rings. The summed E-state index contributed by atoms with van der Waals surface area (Å²) in [5, 5.41) is 2.97. The van der Waals surface area contributed by atoms with E-state index in [0.29, 0.717) is 12.2 Å². The van der Waals surface area contributed by atoms with E-state index in [0.717, 1.165) is 31.0 Å².